The molecule has 0 bridgehead atoms. The Balaban J connectivity index is 2.66. The molecule has 0 amide bonds. The van der Waals surface area contributed by atoms with Crippen LogP contribution < -0.4 is 10.5 Å². The van der Waals surface area contributed by atoms with E-state index in [2.05, 4.69) is 12.1 Å². The Kier molecular flexibility index (Phi) is 2.79. The van der Waals surface area contributed by atoms with E-state index in [1.54, 1.807) is 7.11 Å². The van der Waals surface area contributed by atoms with Crippen LogP contribution in [0.5, 0.6) is 5.75 Å². The molecule has 2 rings (SSSR count). The molecule has 1 aromatic heterocycles. The highest BCUT2D eigenvalue weighted by Gasteiger charge is 2.16. The van der Waals surface area contributed by atoms with E-state index in [-0.39, 0.29) is 0 Å². The van der Waals surface area contributed by atoms with E-state index in [1.165, 1.54) is 11.1 Å². The van der Waals surface area contributed by atoms with Gasteiger partial charge in [0, 0.05) is 11.1 Å². The van der Waals surface area contributed by atoms with Gasteiger partial charge in [-0.25, -0.2) is 0 Å². The van der Waals surface area contributed by atoms with Gasteiger partial charge in [-0.05, 0) is 44.0 Å². The van der Waals surface area contributed by atoms with Crippen molar-refractivity contribution >= 4 is 5.88 Å². The average molecular weight is 232 g/mol. The maximum absolute atomic E-state index is 5.67. The molecule has 1 heterocycles. The molecule has 1 aromatic carbocycles. The van der Waals surface area contributed by atoms with E-state index in [4.69, 9.17) is 15.0 Å². The summed E-state index contributed by atoms with van der Waals surface area (Å²) in [5.41, 5.74) is 10.5. The molecule has 0 aliphatic heterocycles. The lowest BCUT2D eigenvalue weighted by molar-refractivity contribution is 0.413. The van der Waals surface area contributed by atoms with E-state index in [0.29, 0.717) is 5.88 Å². The number of ether oxygens (including phenoxy) is 1. The number of nitrogens with two attached hydrogens (primary N) is 1. The van der Waals surface area contributed by atoms with Crippen molar-refractivity contribution in [2.45, 2.75) is 20.8 Å². The first-order valence-electron chi connectivity index (χ1n) is 5.42. The molecule has 90 valence electrons. The molecule has 0 fully saturated rings. The monoisotopic (exact) mass is 232 g/mol. The van der Waals surface area contributed by atoms with Crippen LogP contribution in [0, 0.1) is 20.8 Å². The molecule has 0 atom stereocenters. The number of anilines is 1. The van der Waals surface area contributed by atoms with E-state index in [1.807, 2.05) is 26.0 Å². The van der Waals surface area contributed by atoms with Crippen LogP contribution in [0.4, 0.5) is 5.88 Å². The predicted octanol–water partition coefficient (Wildman–Crippen LogP) is 2.86. The quantitative estimate of drug-likeness (QED) is 0.864. The van der Waals surface area contributed by atoms with Gasteiger partial charge < -0.3 is 15.0 Å². The summed E-state index contributed by atoms with van der Waals surface area (Å²) >= 11 is 0. The normalized spacial score (nSPS) is 10.6. The molecule has 0 saturated heterocycles. The smallest absolute Gasteiger partial charge is 0.225 e. The highest BCUT2D eigenvalue weighted by Crippen LogP contribution is 2.35. The summed E-state index contributed by atoms with van der Waals surface area (Å²) in [6, 6.07) is 4.04. The largest absolute Gasteiger partial charge is 0.496 e. The fourth-order valence-electron chi connectivity index (χ4n) is 1.74. The molecule has 17 heavy (non-hydrogen) atoms. The SMILES string of the molecule is COc1cc(C)c(C)cc1-c1noc(N)c1C. The second kappa shape index (κ2) is 4.13. The van der Waals surface area contributed by atoms with Crippen LogP contribution in [0.15, 0.2) is 16.7 Å². The second-order valence-corrected chi connectivity index (χ2v) is 4.16. The third kappa shape index (κ3) is 1.86. The summed E-state index contributed by atoms with van der Waals surface area (Å²) in [6.45, 7) is 5.98. The van der Waals surface area contributed by atoms with Gasteiger partial charge in [0.05, 0.1) is 7.11 Å². The maximum atomic E-state index is 5.67. The zero-order valence-electron chi connectivity index (χ0n) is 10.5. The number of methoxy groups -OCH3 is 1. The van der Waals surface area contributed by atoms with Crippen molar-refractivity contribution in [3.8, 4) is 17.0 Å². The predicted molar refractivity (Wildman–Crippen MR) is 67.1 cm³/mol. The Hall–Kier alpha value is -1.97. The van der Waals surface area contributed by atoms with Crippen molar-refractivity contribution in [1.29, 1.82) is 0 Å². The van der Waals surface area contributed by atoms with Gasteiger partial charge in [0.1, 0.15) is 11.4 Å². The van der Waals surface area contributed by atoms with Gasteiger partial charge >= 0.3 is 0 Å². The van der Waals surface area contributed by atoms with Gasteiger partial charge in [-0.3, -0.25) is 0 Å². The summed E-state index contributed by atoms with van der Waals surface area (Å²) in [7, 11) is 1.65. The molecule has 0 unspecified atom stereocenters. The number of nitrogen functional groups attached to an aromatic ring is 1. The Labute approximate surface area is 100 Å². The number of hydrogen-bond acceptors (Lipinski definition) is 4. The molecular weight excluding hydrogens is 216 g/mol. The van der Waals surface area contributed by atoms with Gasteiger partial charge in [-0.15, -0.1) is 0 Å². The molecule has 2 N–H and O–H groups in total. The minimum Gasteiger partial charge on any atom is -0.496 e. The summed E-state index contributed by atoms with van der Waals surface area (Å²) in [6.07, 6.45) is 0. The van der Waals surface area contributed by atoms with Crippen LogP contribution in [0.2, 0.25) is 0 Å². The van der Waals surface area contributed by atoms with Crippen LogP contribution in [-0.4, -0.2) is 12.3 Å². The first kappa shape index (κ1) is 11.5. The summed E-state index contributed by atoms with van der Waals surface area (Å²) in [4.78, 5) is 0. The van der Waals surface area contributed by atoms with Crippen LogP contribution in [0.1, 0.15) is 16.7 Å². The number of nitrogens with zero attached hydrogens (tertiary/aromatic N) is 1. The van der Waals surface area contributed by atoms with Crippen molar-refractivity contribution in [2.75, 3.05) is 12.8 Å². The molecule has 0 saturated carbocycles. The number of aryl methyl sites for hydroxylation is 2. The second-order valence-electron chi connectivity index (χ2n) is 4.16. The summed E-state index contributed by atoms with van der Waals surface area (Å²) < 4.78 is 10.4. The van der Waals surface area contributed by atoms with Crippen molar-refractivity contribution < 1.29 is 9.26 Å². The molecular formula is C13H16N2O2. The third-order valence-corrected chi connectivity index (χ3v) is 3.03. The Morgan fingerprint density at radius 1 is 1.18 bits per heavy atom. The van der Waals surface area contributed by atoms with Crippen LogP contribution >= 0.6 is 0 Å². The fourth-order valence-corrected chi connectivity index (χ4v) is 1.74. The van der Waals surface area contributed by atoms with Gasteiger partial charge in [0.25, 0.3) is 0 Å². The molecule has 4 nitrogen and oxygen atoms in total. The van der Waals surface area contributed by atoms with Crippen LogP contribution in [0.3, 0.4) is 0 Å². The van der Waals surface area contributed by atoms with E-state index in [9.17, 15) is 0 Å². The highest BCUT2D eigenvalue weighted by molar-refractivity contribution is 5.73. The maximum Gasteiger partial charge on any atom is 0.225 e. The molecule has 0 spiro atoms. The lowest BCUT2D eigenvalue weighted by Crippen LogP contribution is -1.93. The van der Waals surface area contributed by atoms with E-state index in [0.717, 1.165) is 22.6 Å². The van der Waals surface area contributed by atoms with E-state index < -0.39 is 0 Å². The van der Waals surface area contributed by atoms with Crippen molar-refractivity contribution in [1.82, 2.24) is 5.16 Å². The number of hydrogen-bond donors (Lipinski definition) is 1. The Bertz CT molecular complexity index is 559. The zero-order valence-corrected chi connectivity index (χ0v) is 10.5. The number of aromatic nitrogens is 1. The average Bonchev–Trinajstić information content (AvgIpc) is 2.63. The molecule has 0 radical (unpaired) electrons. The van der Waals surface area contributed by atoms with Gasteiger partial charge in [0.15, 0.2) is 0 Å². The van der Waals surface area contributed by atoms with Crippen molar-refractivity contribution in [2.24, 2.45) is 0 Å². The first-order chi connectivity index (χ1) is 8.04. The number of rotatable bonds is 2. The standard InChI is InChI=1S/C13H16N2O2/c1-7-5-10(11(16-4)6-8(7)2)12-9(3)13(14)17-15-12/h5-6H,14H2,1-4H3. The lowest BCUT2D eigenvalue weighted by atomic mass is 10.0. The van der Waals surface area contributed by atoms with Gasteiger partial charge in [-0.1, -0.05) is 5.16 Å². The van der Waals surface area contributed by atoms with Crippen LogP contribution in [0.25, 0.3) is 11.3 Å². The minimum atomic E-state index is 0.347. The topological polar surface area (TPSA) is 61.3 Å². The third-order valence-electron chi connectivity index (χ3n) is 3.03. The molecule has 0 aliphatic carbocycles. The zero-order chi connectivity index (χ0) is 12.6. The van der Waals surface area contributed by atoms with E-state index >= 15 is 0 Å². The number of benzene rings is 1. The van der Waals surface area contributed by atoms with Gasteiger partial charge in [-0.2, -0.15) is 0 Å². The Morgan fingerprint density at radius 3 is 2.35 bits per heavy atom. The van der Waals surface area contributed by atoms with Crippen molar-refractivity contribution in [3.05, 3.63) is 28.8 Å². The van der Waals surface area contributed by atoms with Crippen LogP contribution in [-0.2, 0) is 0 Å². The lowest BCUT2D eigenvalue weighted by Gasteiger charge is -2.10. The highest BCUT2D eigenvalue weighted by atomic mass is 16.5. The first-order valence-corrected chi connectivity index (χ1v) is 5.42. The molecule has 0 aliphatic rings. The Morgan fingerprint density at radius 2 is 1.82 bits per heavy atom. The van der Waals surface area contributed by atoms with Gasteiger partial charge in [0.2, 0.25) is 5.88 Å². The van der Waals surface area contributed by atoms with Crippen molar-refractivity contribution in [3.63, 3.8) is 0 Å². The minimum absolute atomic E-state index is 0.347. The molecule has 2 aromatic rings. The summed E-state index contributed by atoms with van der Waals surface area (Å²) in [5.74, 6) is 1.13. The molecule has 4 heteroatoms. The fraction of sp³-hybridized carbons (Fsp3) is 0.308. The summed E-state index contributed by atoms with van der Waals surface area (Å²) in [5, 5.41) is 3.98.